The predicted molar refractivity (Wildman–Crippen MR) is 69.7 cm³/mol. The summed E-state index contributed by atoms with van der Waals surface area (Å²) in [5.41, 5.74) is -0.436. The summed E-state index contributed by atoms with van der Waals surface area (Å²) < 4.78 is 13.8. The van der Waals surface area contributed by atoms with Crippen LogP contribution in [0.5, 0.6) is 0 Å². The highest BCUT2D eigenvalue weighted by molar-refractivity contribution is 5.88. The van der Waals surface area contributed by atoms with Crippen LogP contribution in [0.25, 0.3) is 0 Å². The first-order valence-corrected chi connectivity index (χ1v) is 6.30. The number of carboxylic acid groups (broad SMARTS) is 1. The van der Waals surface area contributed by atoms with E-state index in [9.17, 15) is 14.3 Å². The second-order valence-electron chi connectivity index (χ2n) is 4.35. The average molecular weight is 270 g/mol. The van der Waals surface area contributed by atoms with Crippen molar-refractivity contribution in [1.82, 2.24) is 4.98 Å². The Hall–Kier alpha value is -1.69. The molecule has 3 N–H and O–H groups in total. The van der Waals surface area contributed by atoms with Crippen LogP contribution in [0.15, 0.2) is 12.3 Å². The minimum absolute atomic E-state index is 0.123. The van der Waals surface area contributed by atoms with E-state index < -0.39 is 23.5 Å². The second kappa shape index (κ2) is 7.04. The van der Waals surface area contributed by atoms with Gasteiger partial charge in [-0.3, -0.25) is 0 Å². The highest BCUT2D eigenvalue weighted by Gasteiger charge is 2.18. The van der Waals surface area contributed by atoms with Gasteiger partial charge >= 0.3 is 5.97 Å². The molecule has 1 unspecified atom stereocenters. The van der Waals surface area contributed by atoms with Crippen LogP contribution in [0.3, 0.4) is 0 Å². The lowest BCUT2D eigenvalue weighted by Crippen LogP contribution is -2.28. The lowest BCUT2D eigenvalue weighted by Gasteiger charge is -2.20. The number of halogens is 1. The average Bonchev–Trinajstić information content (AvgIpc) is 2.38. The molecule has 0 spiro atoms. The minimum atomic E-state index is -1.34. The van der Waals surface area contributed by atoms with Gasteiger partial charge in [0.1, 0.15) is 5.56 Å². The molecule has 0 radical (unpaired) electrons. The Morgan fingerprint density at radius 1 is 1.47 bits per heavy atom. The molecule has 0 aliphatic rings. The van der Waals surface area contributed by atoms with Gasteiger partial charge in [-0.15, -0.1) is 0 Å². The summed E-state index contributed by atoms with van der Waals surface area (Å²) >= 11 is 0. The zero-order chi connectivity index (χ0) is 14.4. The first-order valence-electron chi connectivity index (χ1n) is 6.30. The maximum absolute atomic E-state index is 13.8. The lowest BCUT2D eigenvalue weighted by molar-refractivity contribution is 0.0692. The molecule has 0 aromatic carbocycles. The van der Waals surface area contributed by atoms with E-state index in [1.165, 1.54) is 6.20 Å². The van der Waals surface area contributed by atoms with Gasteiger partial charge in [0.25, 0.3) is 0 Å². The molecule has 0 fully saturated rings. The van der Waals surface area contributed by atoms with E-state index in [2.05, 4.69) is 10.3 Å². The highest BCUT2D eigenvalue weighted by Crippen LogP contribution is 2.17. The largest absolute Gasteiger partial charge is 0.478 e. The number of pyridine rings is 1. The number of nitrogens with zero attached hydrogens (tertiary/aromatic N) is 1. The Morgan fingerprint density at radius 2 is 2.11 bits per heavy atom. The van der Waals surface area contributed by atoms with E-state index in [1.807, 2.05) is 13.8 Å². The van der Waals surface area contributed by atoms with Gasteiger partial charge in [-0.25, -0.2) is 14.2 Å². The molecule has 1 aromatic heterocycles. The quantitative estimate of drug-likeness (QED) is 0.707. The fourth-order valence-corrected chi connectivity index (χ4v) is 1.93. The van der Waals surface area contributed by atoms with Crippen LogP contribution < -0.4 is 5.32 Å². The van der Waals surface area contributed by atoms with Gasteiger partial charge in [0, 0.05) is 12.7 Å². The fraction of sp³-hybridized carbons (Fsp3) is 0.538. The SMILES string of the molecule is CCC(CC)C(O)CNc1nccc(C(=O)O)c1F. The van der Waals surface area contributed by atoms with Gasteiger partial charge in [0.05, 0.1) is 6.10 Å². The smallest absolute Gasteiger partial charge is 0.338 e. The van der Waals surface area contributed by atoms with Gasteiger partial charge in [-0.05, 0) is 12.0 Å². The predicted octanol–water partition coefficient (Wildman–Crippen LogP) is 2.13. The first-order chi connectivity index (χ1) is 9.01. The van der Waals surface area contributed by atoms with E-state index in [0.717, 1.165) is 18.9 Å². The number of nitrogens with one attached hydrogen (secondary N) is 1. The molecule has 5 nitrogen and oxygen atoms in total. The van der Waals surface area contributed by atoms with Gasteiger partial charge in [0.15, 0.2) is 11.6 Å². The Balaban J connectivity index is 2.73. The molecule has 1 heterocycles. The maximum atomic E-state index is 13.8. The summed E-state index contributed by atoms with van der Waals surface area (Å²) in [5.74, 6) is -2.28. The van der Waals surface area contributed by atoms with E-state index >= 15 is 0 Å². The highest BCUT2D eigenvalue weighted by atomic mass is 19.1. The molecule has 1 rings (SSSR count). The third kappa shape index (κ3) is 3.89. The number of carboxylic acids is 1. The zero-order valence-electron chi connectivity index (χ0n) is 11.1. The van der Waals surface area contributed by atoms with Crippen molar-refractivity contribution in [3.05, 3.63) is 23.6 Å². The van der Waals surface area contributed by atoms with Crippen molar-refractivity contribution in [3.63, 3.8) is 0 Å². The van der Waals surface area contributed by atoms with Crippen LogP contribution in [0.1, 0.15) is 37.0 Å². The molecule has 6 heteroatoms. The van der Waals surface area contributed by atoms with Crippen molar-refractivity contribution in [2.75, 3.05) is 11.9 Å². The van der Waals surface area contributed by atoms with Crippen LogP contribution in [0, 0.1) is 11.7 Å². The van der Waals surface area contributed by atoms with Gasteiger partial charge < -0.3 is 15.5 Å². The third-order valence-electron chi connectivity index (χ3n) is 3.19. The summed E-state index contributed by atoms with van der Waals surface area (Å²) in [6, 6.07) is 1.10. The van der Waals surface area contributed by atoms with Crippen molar-refractivity contribution in [2.45, 2.75) is 32.8 Å². The van der Waals surface area contributed by atoms with Crippen molar-refractivity contribution < 1.29 is 19.4 Å². The number of hydrogen-bond donors (Lipinski definition) is 3. The zero-order valence-corrected chi connectivity index (χ0v) is 11.1. The van der Waals surface area contributed by atoms with Crippen molar-refractivity contribution in [2.24, 2.45) is 5.92 Å². The molecular formula is C13H19FN2O3. The summed E-state index contributed by atoms with van der Waals surface area (Å²) in [5, 5.41) is 21.4. The summed E-state index contributed by atoms with van der Waals surface area (Å²) in [4.78, 5) is 14.5. The van der Waals surface area contributed by atoms with Crippen molar-refractivity contribution >= 4 is 11.8 Å². The van der Waals surface area contributed by atoms with E-state index in [1.54, 1.807) is 0 Å². The normalized spacial score (nSPS) is 12.5. The number of aromatic carboxylic acids is 1. The minimum Gasteiger partial charge on any atom is -0.478 e. The summed E-state index contributed by atoms with van der Waals surface area (Å²) in [6.07, 6.45) is 2.25. The van der Waals surface area contributed by atoms with Crippen molar-refractivity contribution in [3.8, 4) is 0 Å². The molecule has 1 aromatic rings. The van der Waals surface area contributed by atoms with Crippen LogP contribution in [-0.2, 0) is 0 Å². The number of carbonyl (C=O) groups is 1. The number of rotatable bonds is 7. The second-order valence-corrected chi connectivity index (χ2v) is 4.35. The standard InChI is InChI=1S/C13H19FN2O3/c1-3-8(4-2)10(17)7-16-12-11(14)9(13(18)19)5-6-15-12/h5-6,8,10,17H,3-4,7H2,1-2H3,(H,15,16)(H,18,19). The monoisotopic (exact) mass is 270 g/mol. The van der Waals surface area contributed by atoms with E-state index in [-0.39, 0.29) is 18.3 Å². The van der Waals surface area contributed by atoms with Gasteiger partial charge in [-0.1, -0.05) is 26.7 Å². The summed E-state index contributed by atoms with van der Waals surface area (Å²) in [7, 11) is 0. The van der Waals surface area contributed by atoms with Crippen molar-refractivity contribution in [1.29, 1.82) is 0 Å². The molecular weight excluding hydrogens is 251 g/mol. The first kappa shape index (κ1) is 15.4. The fourth-order valence-electron chi connectivity index (χ4n) is 1.93. The van der Waals surface area contributed by atoms with E-state index in [4.69, 9.17) is 5.11 Å². The van der Waals surface area contributed by atoms with Crippen LogP contribution in [-0.4, -0.2) is 33.8 Å². The number of aromatic nitrogens is 1. The molecule has 0 bridgehead atoms. The molecule has 0 saturated carbocycles. The van der Waals surface area contributed by atoms with Crippen LogP contribution in [0.2, 0.25) is 0 Å². The molecule has 0 amide bonds. The molecule has 19 heavy (non-hydrogen) atoms. The Kier molecular flexibility index (Phi) is 5.69. The summed E-state index contributed by atoms with van der Waals surface area (Å²) in [6.45, 7) is 4.09. The Labute approximate surface area is 111 Å². The molecule has 0 aliphatic heterocycles. The molecule has 1 atom stereocenters. The number of hydrogen-bond acceptors (Lipinski definition) is 4. The van der Waals surface area contributed by atoms with Gasteiger partial charge in [0.2, 0.25) is 0 Å². The number of aliphatic hydroxyl groups is 1. The van der Waals surface area contributed by atoms with Gasteiger partial charge in [-0.2, -0.15) is 0 Å². The number of aliphatic hydroxyl groups excluding tert-OH is 1. The topological polar surface area (TPSA) is 82.5 Å². The Morgan fingerprint density at radius 3 is 2.63 bits per heavy atom. The van der Waals surface area contributed by atoms with E-state index in [0.29, 0.717) is 0 Å². The molecule has 0 aliphatic carbocycles. The third-order valence-corrected chi connectivity index (χ3v) is 3.19. The maximum Gasteiger partial charge on any atom is 0.338 e. The van der Waals surface area contributed by atoms with Crippen LogP contribution in [0.4, 0.5) is 10.2 Å². The molecule has 106 valence electrons. The number of anilines is 1. The van der Waals surface area contributed by atoms with Crippen LogP contribution >= 0.6 is 0 Å². The lowest BCUT2D eigenvalue weighted by atomic mass is 9.96. The Bertz CT molecular complexity index is 436. The molecule has 0 saturated heterocycles.